The summed E-state index contributed by atoms with van der Waals surface area (Å²) in [5, 5.41) is -1.19. The SMILES string of the molecule is [2H]C([2H])(Br)CC(C)CCCC(C)CCCC(C)C. The van der Waals surface area contributed by atoms with Gasteiger partial charge >= 0.3 is 0 Å². The molecule has 2 unspecified atom stereocenters. The molecule has 0 aliphatic carbocycles. The minimum atomic E-state index is -1.19. The number of alkyl halides is 1. The Balaban J connectivity index is 3.52. The average Bonchev–Trinajstić information content (AvgIpc) is 2.13. The number of halogens is 1. The molecule has 0 N–H and O–H groups in total. The first-order valence-corrected chi connectivity index (χ1v) is 7.69. The zero-order valence-electron chi connectivity index (χ0n) is 13.6. The molecule has 0 aliphatic heterocycles. The Bertz CT molecular complexity index is 199. The van der Waals surface area contributed by atoms with E-state index in [0.29, 0.717) is 12.3 Å². The largest absolute Gasteiger partial charge is 0.0928 e. The van der Waals surface area contributed by atoms with Gasteiger partial charge in [0.05, 0.1) is 0 Å². The monoisotopic (exact) mass is 292 g/mol. The van der Waals surface area contributed by atoms with E-state index in [1.54, 1.807) is 0 Å². The lowest BCUT2D eigenvalue weighted by molar-refractivity contribution is 0.398. The molecule has 2 atom stereocenters. The molecule has 0 fully saturated rings. The van der Waals surface area contributed by atoms with Crippen molar-refractivity contribution < 1.29 is 2.74 Å². The number of rotatable bonds is 10. The fourth-order valence-electron chi connectivity index (χ4n) is 2.07. The summed E-state index contributed by atoms with van der Waals surface area (Å²) in [7, 11) is 0. The summed E-state index contributed by atoms with van der Waals surface area (Å²) >= 11 is 3.08. The summed E-state index contributed by atoms with van der Waals surface area (Å²) in [5.74, 6) is 2.14. The van der Waals surface area contributed by atoms with Crippen LogP contribution in [-0.2, 0) is 0 Å². The summed E-state index contributed by atoms with van der Waals surface area (Å²) in [6.07, 6.45) is 8.38. The van der Waals surface area contributed by atoms with Crippen molar-refractivity contribution in [3.8, 4) is 0 Å². The fraction of sp³-hybridized carbons (Fsp3) is 1.00. The van der Waals surface area contributed by atoms with Crippen molar-refractivity contribution in [1.82, 2.24) is 0 Å². The highest BCUT2D eigenvalue weighted by Crippen LogP contribution is 2.20. The van der Waals surface area contributed by atoms with Gasteiger partial charge < -0.3 is 0 Å². The van der Waals surface area contributed by atoms with Crippen LogP contribution in [0.2, 0.25) is 0 Å². The molecule has 0 radical (unpaired) electrons. The van der Waals surface area contributed by atoms with Crippen LogP contribution in [0.25, 0.3) is 0 Å². The van der Waals surface area contributed by atoms with Crippen LogP contribution in [0.1, 0.15) is 75.4 Å². The van der Waals surface area contributed by atoms with Gasteiger partial charge in [0, 0.05) is 8.02 Å². The van der Waals surface area contributed by atoms with Crippen LogP contribution in [0.15, 0.2) is 0 Å². The highest BCUT2D eigenvalue weighted by atomic mass is 79.9. The van der Waals surface area contributed by atoms with E-state index in [4.69, 9.17) is 2.74 Å². The maximum absolute atomic E-state index is 7.50. The molecule has 0 aromatic heterocycles. The molecule has 0 rings (SSSR count). The van der Waals surface area contributed by atoms with Gasteiger partial charge in [-0.1, -0.05) is 82.1 Å². The third-order valence-electron chi connectivity index (χ3n) is 3.30. The van der Waals surface area contributed by atoms with Gasteiger partial charge in [-0.05, 0) is 24.2 Å². The van der Waals surface area contributed by atoms with Gasteiger partial charge in [0.2, 0.25) is 0 Å². The van der Waals surface area contributed by atoms with Crippen molar-refractivity contribution in [2.45, 2.75) is 72.6 Å². The topological polar surface area (TPSA) is 0 Å². The standard InChI is InChI=1S/C15H31Br/c1-13(2)7-5-8-14(3)9-6-10-15(4)11-12-16/h13-15H,5-12H2,1-4H3/i12D2. The van der Waals surface area contributed by atoms with Crippen molar-refractivity contribution in [3.05, 3.63) is 0 Å². The Morgan fingerprint density at radius 3 is 1.69 bits per heavy atom. The lowest BCUT2D eigenvalue weighted by Crippen LogP contribution is -2.00. The molecular weight excluding hydrogens is 260 g/mol. The second-order valence-corrected chi connectivity index (χ2v) is 6.36. The molecule has 1 heteroatoms. The van der Waals surface area contributed by atoms with Crippen LogP contribution in [0.5, 0.6) is 0 Å². The third kappa shape index (κ3) is 11.0. The second kappa shape index (κ2) is 10.6. The smallest absolute Gasteiger partial charge is 0.0387 e. The van der Waals surface area contributed by atoms with Gasteiger partial charge in [0.15, 0.2) is 0 Å². The molecule has 0 heterocycles. The van der Waals surface area contributed by atoms with E-state index in [9.17, 15) is 0 Å². The van der Waals surface area contributed by atoms with E-state index in [0.717, 1.165) is 18.3 Å². The second-order valence-electron chi connectivity index (χ2n) is 5.80. The Labute approximate surface area is 115 Å². The minimum Gasteiger partial charge on any atom is -0.0928 e. The van der Waals surface area contributed by atoms with E-state index >= 15 is 0 Å². The maximum atomic E-state index is 7.50. The normalized spacial score (nSPS) is 18.1. The summed E-state index contributed by atoms with van der Waals surface area (Å²) < 4.78 is 15.0. The molecule has 0 aromatic carbocycles. The van der Waals surface area contributed by atoms with Gasteiger partial charge in [-0.15, -0.1) is 0 Å². The van der Waals surface area contributed by atoms with Crippen LogP contribution in [-0.4, -0.2) is 5.28 Å². The molecule has 0 saturated heterocycles. The van der Waals surface area contributed by atoms with Crippen LogP contribution in [0.3, 0.4) is 0 Å². The van der Waals surface area contributed by atoms with Gasteiger partial charge in [0.25, 0.3) is 0 Å². The molecule has 0 aromatic rings. The third-order valence-corrected chi connectivity index (χ3v) is 3.62. The first-order valence-electron chi connectivity index (χ1n) is 7.89. The zero-order chi connectivity index (χ0) is 14.2. The molecule has 0 spiro atoms. The minimum absolute atomic E-state index is 0.474. The quantitative estimate of drug-likeness (QED) is 0.431. The molecule has 0 saturated carbocycles. The van der Waals surface area contributed by atoms with Crippen LogP contribution >= 0.6 is 15.9 Å². The highest BCUT2D eigenvalue weighted by Gasteiger charge is 2.05. The molecule has 0 bridgehead atoms. The maximum Gasteiger partial charge on any atom is 0.0387 e. The Hall–Kier alpha value is 0.480. The lowest BCUT2D eigenvalue weighted by atomic mass is 9.93. The van der Waals surface area contributed by atoms with Gasteiger partial charge in [-0.25, -0.2) is 0 Å². The van der Waals surface area contributed by atoms with Crippen LogP contribution in [0.4, 0.5) is 0 Å². The van der Waals surface area contributed by atoms with Crippen LogP contribution < -0.4 is 0 Å². The molecule has 0 aliphatic rings. The van der Waals surface area contributed by atoms with E-state index in [-0.39, 0.29) is 0 Å². The molecule has 98 valence electrons. The zero-order valence-corrected chi connectivity index (χ0v) is 13.1. The van der Waals surface area contributed by atoms with E-state index in [2.05, 4.69) is 43.6 Å². The predicted molar refractivity (Wildman–Crippen MR) is 79.3 cm³/mol. The average molecular weight is 293 g/mol. The van der Waals surface area contributed by atoms with Gasteiger partial charge in [0.1, 0.15) is 0 Å². The molecule has 0 amide bonds. The van der Waals surface area contributed by atoms with Gasteiger partial charge in [-0.3, -0.25) is 0 Å². The van der Waals surface area contributed by atoms with E-state index in [1.165, 1.54) is 32.1 Å². The molecular formula is C15H31Br. The predicted octanol–water partition coefficient (Wildman–Crippen LogP) is 6.04. The summed E-state index contributed by atoms with van der Waals surface area (Å²) in [5.41, 5.74) is 0. The van der Waals surface area contributed by atoms with Crippen molar-refractivity contribution in [2.75, 3.05) is 5.28 Å². The van der Waals surface area contributed by atoms with Crippen LogP contribution in [0, 0.1) is 17.8 Å². The Morgan fingerprint density at radius 1 is 0.812 bits per heavy atom. The summed E-state index contributed by atoms with van der Waals surface area (Å²) in [6, 6.07) is 0. The van der Waals surface area contributed by atoms with Crippen molar-refractivity contribution in [2.24, 2.45) is 17.8 Å². The van der Waals surface area contributed by atoms with Crippen molar-refractivity contribution in [1.29, 1.82) is 0 Å². The first kappa shape index (κ1) is 12.9. The Morgan fingerprint density at radius 2 is 1.25 bits per heavy atom. The van der Waals surface area contributed by atoms with E-state index in [1.807, 2.05) is 0 Å². The molecule has 0 nitrogen and oxygen atoms in total. The van der Waals surface area contributed by atoms with Gasteiger partial charge in [-0.2, -0.15) is 0 Å². The summed E-state index contributed by atoms with van der Waals surface area (Å²) in [6.45, 7) is 9.10. The van der Waals surface area contributed by atoms with E-state index < -0.39 is 5.28 Å². The van der Waals surface area contributed by atoms with Crippen molar-refractivity contribution >= 4 is 15.9 Å². The first-order chi connectivity index (χ1) is 8.20. The summed E-state index contributed by atoms with van der Waals surface area (Å²) in [4.78, 5) is 0. The number of hydrogen-bond donors (Lipinski definition) is 0. The van der Waals surface area contributed by atoms with Crippen molar-refractivity contribution in [3.63, 3.8) is 0 Å². The molecule has 16 heavy (non-hydrogen) atoms. The highest BCUT2D eigenvalue weighted by molar-refractivity contribution is 9.09. The fourth-order valence-corrected chi connectivity index (χ4v) is 2.62. The Kier molecular flexibility index (Phi) is 8.58. The number of hydrogen-bond acceptors (Lipinski definition) is 0. The lowest BCUT2D eigenvalue weighted by Gasteiger charge is -2.14.